The molecule has 2 atom stereocenters. The number of nitrogens with zero attached hydrogens (tertiary/aromatic N) is 3. The van der Waals surface area contributed by atoms with E-state index in [1.807, 2.05) is 18.3 Å². The SMILES string of the molecule is Cl.Cl.c1cc2cc(-c3ccc(OC4[C@H]5CC6C[C@H]4CN(C6)C5)nn3)ccc2[nH]1. The molecular weight excluding hydrogens is 395 g/mol. The number of aromatic nitrogens is 3. The van der Waals surface area contributed by atoms with Crippen LogP contribution in [0.25, 0.3) is 22.2 Å². The van der Waals surface area contributed by atoms with E-state index in [1.54, 1.807) is 0 Å². The summed E-state index contributed by atoms with van der Waals surface area (Å²) in [6.45, 7) is 3.69. The first-order valence-electron chi connectivity index (χ1n) is 9.62. The summed E-state index contributed by atoms with van der Waals surface area (Å²) in [6.07, 6.45) is 4.91. The topological polar surface area (TPSA) is 54.0 Å². The summed E-state index contributed by atoms with van der Waals surface area (Å²) in [4.78, 5) is 5.84. The first kappa shape index (κ1) is 19.5. The molecule has 1 N–H and O–H groups in total. The number of fused-ring (bicyclic) bond motifs is 1. The van der Waals surface area contributed by atoms with Gasteiger partial charge < -0.3 is 14.6 Å². The van der Waals surface area contributed by atoms with Crippen molar-refractivity contribution < 1.29 is 4.74 Å². The van der Waals surface area contributed by atoms with Crippen molar-refractivity contribution in [3.05, 3.63) is 42.6 Å². The maximum absolute atomic E-state index is 6.33. The molecule has 28 heavy (non-hydrogen) atoms. The highest BCUT2D eigenvalue weighted by atomic mass is 35.5. The number of piperidine rings is 3. The largest absolute Gasteiger partial charge is 0.473 e. The molecule has 3 aromatic rings. The highest BCUT2D eigenvalue weighted by Crippen LogP contribution is 2.44. The molecule has 148 valence electrons. The predicted molar refractivity (Wildman–Crippen MR) is 114 cm³/mol. The van der Waals surface area contributed by atoms with Crippen LogP contribution in [-0.4, -0.2) is 45.8 Å². The summed E-state index contributed by atoms with van der Waals surface area (Å²) in [5, 5.41) is 10.00. The predicted octanol–water partition coefficient (Wildman–Crippen LogP) is 4.19. The fraction of sp³-hybridized carbons (Fsp3) is 0.429. The number of hydrogen-bond acceptors (Lipinski definition) is 4. The van der Waals surface area contributed by atoms with Crippen molar-refractivity contribution in [2.24, 2.45) is 17.8 Å². The van der Waals surface area contributed by atoms with Crippen molar-refractivity contribution in [3.8, 4) is 17.1 Å². The second-order valence-corrected chi connectivity index (χ2v) is 8.20. The first-order chi connectivity index (χ1) is 12.8. The van der Waals surface area contributed by atoms with E-state index >= 15 is 0 Å². The Balaban J connectivity index is 0.000000961. The second-order valence-electron chi connectivity index (χ2n) is 8.20. The highest BCUT2D eigenvalue weighted by Gasteiger charge is 2.48. The average molecular weight is 419 g/mol. The zero-order chi connectivity index (χ0) is 17.1. The van der Waals surface area contributed by atoms with E-state index in [4.69, 9.17) is 4.74 Å². The third-order valence-corrected chi connectivity index (χ3v) is 6.45. The first-order valence-corrected chi connectivity index (χ1v) is 9.62. The molecule has 5 heterocycles. The van der Waals surface area contributed by atoms with E-state index < -0.39 is 0 Å². The van der Waals surface area contributed by atoms with Crippen LogP contribution in [0.1, 0.15) is 12.8 Å². The van der Waals surface area contributed by atoms with Crippen molar-refractivity contribution in [1.82, 2.24) is 20.1 Å². The number of benzene rings is 1. The molecule has 1 saturated carbocycles. The average Bonchev–Trinajstić information content (AvgIpc) is 3.12. The van der Waals surface area contributed by atoms with Crippen LogP contribution in [0.3, 0.4) is 0 Å². The van der Waals surface area contributed by atoms with Gasteiger partial charge in [0, 0.05) is 60.2 Å². The second kappa shape index (κ2) is 7.54. The van der Waals surface area contributed by atoms with Crippen molar-refractivity contribution in [3.63, 3.8) is 0 Å². The Morgan fingerprint density at radius 3 is 2.46 bits per heavy atom. The van der Waals surface area contributed by atoms with E-state index in [0.29, 0.717) is 23.8 Å². The molecule has 0 spiro atoms. The van der Waals surface area contributed by atoms with Crippen LogP contribution in [0.15, 0.2) is 42.6 Å². The maximum atomic E-state index is 6.33. The van der Waals surface area contributed by atoms with Gasteiger partial charge in [-0.15, -0.1) is 35.0 Å². The third-order valence-electron chi connectivity index (χ3n) is 6.45. The molecule has 0 radical (unpaired) electrons. The molecule has 0 unspecified atom stereocenters. The third kappa shape index (κ3) is 3.25. The van der Waals surface area contributed by atoms with Crippen molar-refractivity contribution in [2.45, 2.75) is 18.9 Å². The molecule has 7 rings (SSSR count). The summed E-state index contributed by atoms with van der Waals surface area (Å²) in [5.74, 6) is 2.89. The minimum atomic E-state index is 0. The van der Waals surface area contributed by atoms with Crippen LogP contribution in [0.4, 0.5) is 0 Å². The molecule has 4 aliphatic rings. The van der Waals surface area contributed by atoms with Gasteiger partial charge in [0.25, 0.3) is 0 Å². The lowest BCUT2D eigenvalue weighted by molar-refractivity contribution is -0.0999. The van der Waals surface area contributed by atoms with Gasteiger partial charge in [-0.3, -0.25) is 0 Å². The molecule has 2 aromatic heterocycles. The number of ether oxygens (including phenoxy) is 1. The Bertz CT molecular complexity index is 930. The van der Waals surface area contributed by atoms with Gasteiger partial charge in [-0.05, 0) is 43.0 Å². The van der Waals surface area contributed by atoms with Crippen LogP contribution in [0, 0.1) is 17.8 Å². The molecule has 1 aromatic carbocycles. The minimum Gasteiger partial charge on any atom is -0.473 e. The zero-order valence-corrected chi connectivity index (χ0v) is 17.1. The van der Waals surface area contributed by atoms with Gasteiger partial charge in [0.2, 0.25) is 5.88 Å². The van der Waals surface area contributed by atoms with E-state index in [1.165, 1.54) is 37.9 Å². The Kier molecular flexibility index (Phi) is 5.25. The maximum Gasteiger partial charge on any atom is 0.233 e. The van der Waals surface area contributed by atoms with Crippen LogP contribution >= 0.6 is 24.8 Å². The number of nitrogens with one attached hydrogen (secondary N) is 1. The molecule has 7 heteroatoms. The van der Waals surface area contributed by atoms with Crippen LogP contribution in [-0.2, 0) is 0 Å². The van der Waals surface area contributed by atoms with E-state index in [0.717, 1.165) is 22.7 Å². The molecule has 4 bridgehead atoms. The van der Waals surface area contributed by atoms with Crippen molar-refractivity contribution in [2.75, 3.05) is 19.6 Å². The Labute approximate surface area is 176 Å². The number of halogens is 2. The van der Waals surface area contributed by atoms with Gasteiger partial charge in [0.15, 0.2) is 0 Å². The van der Waals surface area contributed by atoms with Gasteiger partial charge in [0.05, 0.1) is 5.69 Å². The fourth-order valence-electron chi connectivity index (χ4n) is 5.44. The standard InChI is InChI=1S/C21H22N4O.2ClH/c1-2-18-15(5-6-22-18)9-14(1)19-3-4-20(24-23-19)26-21-16-7-13-8-17(21)12-25(10-13)11-16;;/h1-6,9,13,16-17,21-22H,7-8,10-12H2;2*1H/t13?,16-,17-,21?;;/m0../s1. The van der Waals surface area contributed by atoms with Crippen molar-refractivity contribution >= 4 is 35.7 Å². The summed E-state index contributed by atoms with van der Waals surface area (Å²) in [7, 11) is 0. The van der Waals surface area contributed by atoms with Crippen LogP contribution < -0.4 is 4.74 Å². The smallest absolute Gasteiger partial charge is 0.233 e. The summed E-state index contributed by atoms with van der Waals surface area (Å²) < 4.78 is 6.33. The Morgan fingerprint density at radius 1 is 0.929 bits per heavy atom. The Hall–Kier alpha value is -1.82. The van der Waals surface area contributed by atoms with Gasteiger partial charge in [-0.1, -0.05) is 6.07 Å². The molecule has 0 amide bonds. The monoisotopic (exact) mass is 418 g/mol. The molecule has 3 saturated heterocycles. The lowest BCUT2D eigenvalue weighted by Crippen LogP contribution is -2.61. The lowest BCUT2D eigenvalue weighted by Gasteiger charge is -2.55. The van der Waals surface area contributed by atoms with Gasteiger partial charge in [-0.2, -0.15) is 0 Å². The van der Waals surface area contributed by atoms with E-state index in [-0.39, 0.29) is 24.8 Å². The highest BCUT2D eigenvalue weighted by molar-refractivity contribution is 5.86. The van der Waals surface area contributed by atoms with Gasteiger partial charge in [0.1, 0.15) is 6.10 Å². The number of aromatic amines is 1. The lowest BCUT2D eigenvalue weighted by atomic mass is 9.66. The minimum absolute atomic E-state index is 0. The Morgan fingerprint density at radius 2 is 1.75 bits per heavy atom. The van der Waals surface area contributed by atoms with E-state index in [9.17, 15) is 0 Å². The zero-order valence-electron chi connectivity index (χ0n) is 15.5. The van der Waals surface area contributed by atoms with Gasteiger partial charge in [-0.25, -0.2) is 0 Å². The fourth-order valence-corrected chi connectivity index (χ4v) is 5.44. The van der Waals surface area contributed by atoms with Crippen LogP contribution in [0.2, 0.25) is 0 Å². The van der Waals surface area contributed by atoms with Crippen molar-refractivity contribution in [1.29, 1.82) is 0 Å². The number of hydrogen-bond donors (Lipinski definition) is 1. The number of rotatable bonds is 3. The van der Waals surface area contributed by atoms with Gasteiger partial charge >= 0.3 is 0 Å². The molecule has 5 nitrogen and oxygen atoms in total. The molecule has 1 aliphatic carbocycles. The molecular formula is C21H24Cl2N4O. The normalized spacial score (nSPS) is 29.9. The number of H-pyrrole nitrogens is 1. The molecule has 3 aliphatic heterocycles. The van der Waals surface area contributed by atoms with E-state index in [2.05, 4.69) is 44.3 Å². The quantitative estimate of drug-likeness (QED) is 0.692. The summed E-state index contributed by atoms with van der Waals surface area (Å²) in [6, 6.07) is 12.4. The molecule has 4 fully saturated rings. The summed E-state index contributed by atoms with van der Waals surface area (Å²) in [5.41, 5.74) is 3.11. The summed E-state index contributed by atoms with van der Waals surface area (Å²) >= 11 is 0. The van der Waals surface area contributed by atoms with Crippen LogP contribution in [0.5, 0.6) is 5.88 Å².